The molecule has 1 aromatic rings. The van der Waals surface area contributed by atoms with Crippen LogP contribution in [0.3, 0.4) is 0 Å². The van der Waals surface area contributed by atoms with Gasteiger partial charge in [0, 0.05) is 12.1 Å². The zero-order valence-electron chi connectivity index (χ0n) is 6.37. The molecule has 0 aliphatic heterocycles. The number of ketones is 1. The van der Waals surface area contributed by atoms with Crippen LogP contribution in [0.2, 0.25) is 0 Å². The van der Waals surface area contributed by atoms with Gasteiger partial charge in [-0.25, -0.2) is 0 Å². The highest BCUT2D eigenvalue weighted by Gasteiger charge is 2.27. The molecule has 56 valence electrons. The maximum absolute atomic E-state index is 11.3. The number of pyridine rings is 1. The number of aromatic nitrogens is 1. The highest BCUT2D eigenvalue weighted by molar-refractivity contribution is 6.00. The van der Waals surface area contributed by atoms with Gasteiger partial charge in [-0.1, -0.05) is 13.0 Å². The van der Waals surface area contributed by atoms with Crippen LogP contribution < -0.4 is 0 Å². The van der Waals surface area contributed by atoms with Crippen molar-refractivity contribution in [1.29, 1.82) is 0 Å². The fourth-order valence-electron chi connectivity index (χ4n) is 1.48. The zero-order chi connectivity index (χ0) is 7.84. The van der Waals surface area contributed by atoms with Gasteiger partial charge >= 0.3 is 0 Å². The Morgan fingerprint density at radius 2 is 2.45 bits per heavy atom. The summed E-state index contributed by atoms with van der Waals surface area (Å²) in [6.07, 6.45) is 2.54. The Morgan fingerprint density at radius 3 is 3.18 bits per heavy atom. The van der Waals surface area contributed by atoms with Crippen LogP contribution in [0.4, 0.5) is 0 Å². The summed E-state index contributed by atoms with van der Waals surface area (Å²) in [5.41, 5.74) is 1.78. The monoisotopic (exact) mass is 147 g/mol. The van der Waals surface area contributed by atoms with Crippen LogP contribution in [-0.2, 0) is 6.42 Å². The highest BCUT2D eigenvalue weighted by Crippen LogP contribution is 2.23. The van der Waals surface area contributed by atoms with Crippen LogP contribution in [0.5, 0.6) is 0 Å². The predicted octanol–water partition coefficient (Wildman–Crippen LogP) is 1.46. The lowest BCUT2D eigenvalue weighted by Crippen LogP contribution is -2.04. The molecule has 0 aromatic carbocycles. The summed E-state index contributed by atoms with van der Waals surface area (Å²) in [4.78, 5) is 15.4. The molecule has 0 saturated heterocycles. The number of Topliss-reactive ketones (excluding diaryl/α,β-unsaturated/α-hetero) is 1. The van der Waals surface area contributed by atoms with Gasteiger partial charge in [-0.05, 0) is 18.1 Å². The minimum atomic E-state index is 0.139. The summed E-state index contributed by atoms with van der Waals surface area (Å²) in [5, 5.41) is 0. The predicted molar refractivity (Wildman–Crippen MR) is 41.4 cm³/mol. The molecule has 2 heteroatoms. The number of carbonyl (C=O) groups excluding carboxylic acids is 1. The Balaban J connectivity index is 2.55. The Labute approximate surface area is 65.3 Å². The average Bonchev–Trinajstić information content (AvgIpc) is 2.30. The minimum absolute atomic E-state index is 0.139. The number of nitrogens with zero attached hydrogens (tertiary/aromatic N) is 1. The quantitative estimate of drug-likeness (QED) is 0.556. The van der Waals surface area contributed by atoms with E-state index in [4.69, 9.17) is 0 Å². The second kappa shape index (κ2) is 2.16. The van der Waals surface area contributed by atoms with Crippen LogP contribution in [0.1, 0.15) is 23.0 Å². The summed E-state index contributed by atoms with van der Waals surface area (Å²) < 4.78 is 0. The third-order valence-corrected chi connectivity index (χ3v) is 2.10. The van der Waals surface area contributed by atoms with E-state index in [0.29, 0.717) is 5.69 Å². The molecule has 0 unspecified atom stereocenters. The third-order valence-electron chi connectivity index (χ3n) is 2.10. The molecule has 2 rings (SSSR count). The van der Waals surface area contributed by atoms with E-state index in [2.05, 4.69) is 4.98 Å². The number of hydrogen-bond donors (Lipinski definition) is 0. The van der Waals surface area contributed by atoms with Crippen molar-refractivity contribution in [2.24, 2.45) is 5.92 Å². The largest absolute Gasteiger partial charge is 0.292 e. The van der Waals surface area contributed by atoms with E-state index in [9.17, 15) is 4.79 Å². The van der Waals surface area contributed by atoms with E-state index in [1.54, 1.807) is 6.20 Å². The van der Waals surface area contributed by atoms with Gasteiger partial charge in [0.1, 0.15) is 5.69 Å². The van der Waals surface area contributed by atoms with Crippen LogP contribution >= 0.6 is 0 Å². The summed E-state index contributed by atoms with van der Waals surface area (Å²) in [5.74, 6) is 0.334. The van der Waals surface area contributed by atoms with Gasteiger partial charge in [0.2, 0.25) is 0 Å². The topological polar surface area (TPSA) is 30.0 Å². The lowest BCUT2D eigenvalue weighted by atomic mass is 10.1. The van der Waals surface area contributed by atoms with Gasteiger partial charge in [0.05, 0.1) is 0 Å². The van der Waals surface area contributed by atoms with Crippen molar-refractivity contribution in [2.45, 2.75) is 13.3 Å². The van der Waals surface area contributed by atoms with Crippen molar-refractivity contribution in [3.8, 4) is 0 Å². The maximum atomic E-state index is 11.3. The summed E-state index contributed by atoms with van der Waals surface area (Å²) >= 11 is 0. The second-order valence-electron chi connectivity index (χ2n) is 2.98. The first kappa shape index (κ1) is 6.53. The number of rotatable bonds is 0. The van der Waals surface area contributed by atoms with Crippen molar-refractivity contribution in [2.75, 3.05) is 0 Å². The Kier molecular flexibility index (Phi) is 1.28. The van der Waals surface area contributed by atoms with Crippen LogP contribution in [0.25, 0.3) is 0 Å². The molecule has 0 spiro atoms. The molecule has 1 atom stereocenters. The highest BCUT2D eigenvalue weighted by atomic mass is 16.1. The smallest absolute Gasteiger partial charge is 0.184 e. The van der Waals surface area contributed by atoms with E-state index in [-0.39, 0.29) is 11.7 Å². The van der Waals surface area contributed by atoms with Crippen molar-refractivity contribution in [3.05, 3.63) is 29.6 Å². The molecule has 11 heavy (non-hydrogen) atoms. The first-order valence-electron chi connectivity index (χ1n) is 3.77. The molecule has 0 bridgehead atoms. The molecule has 0 radical (unpaired) electrons. The van der Waals surface area contributed by atoms with E-state index in [1.165, 1.54) is 0 Å². The van der Waals surface area contributed by atoms with Gasteiger partial charge in [-0.2, -0.15) is 0 Å². The Bertz CT molecular complexity index is 306. The van der Waals surface area contributed by atoms with Gasteiger partial charge < -0.3 is 0 Å². The van der Waals surface area contributed by atoms with E-state index < -0.39 is 0 Å². The summed E-state index contributed by atoms with van der Waals surface area (Å²) in [7, 11) is 0. The SMILES string of the molecule is C[C@@H]1Cc2cccnc2C1=O. The fourth-order valence-corrected chi connectivity index (χ4v) is 1.48. The zero-order valence-corrected chi connectivity index (χ0v) is 6.37. The van der Waals surface area contributed by atoms with Crippen LogP contribution in [0, 0.1) is 5.92 Å². The van der Waals surface area contributed by atoms with E-state index >= 15 is 0 Å². The lowest BCUT2D eigenvalue weighted by Gasteiger charge is -1.92. The van der Waals surface area contributed by atoms with Gasteiger partial charge in [-0.3, -0.25) is 9.78 Å². The van der Waals surface area contributed by atoms with Crippen molar-refractivity contribution in [1.82, 2.24) is 4.98 Å². The van der Waals surface area contributed by atoms with Crippen LogP contribution in [0.15, 0.2) is 18.3 Å². The molecular formula is C9H9NO. The second-order valence-corrected chi connectivity index (χ2v) is 2.98. The standard InChI is InChI=1S/C9H9NO/c1-6-5-7-3-2-4-10-8(7)9(6)11/h2-4,6H,5H2,1H3/t6-/m1/s1. The van der Waals surface area contributed by atoms with Crippen LogP contribution in [-0.4, -0.2) is 10.8 Å². The molecule has 2 nitrogen and oxygen atoms in total. The molecule has 1 aromatic heterocycles. The first-order chi connectivity index (χ1) is 5.29. The number of carbonyl (C=O) groups is 1. The summed E-state index contributed by atoms with van der Waals surface area (Å²) in [6, 6.07) is 3.86. The maximum Gasteiger partial charge on any atom is 0.184 e. The Morgan fingerprint density at radius 1 is 1.64 bits per heavy atom. The van der Waals surface area contributed by atoms with Gasteiger partial charge in [0.25, 0.3) is 0 Å². The molecule has 1 heterocycles. The Hall–Kier alpha value is -1.18. The number of hydrogen-bond acceptors (Lipinski definition) is 2. The van der Waals surface area contributed by atoms with Gasteiger partial charge in [0.15, 0.2) is 5.78 Å². The van der Waals surface area contributed by atoms with Crippen molar-refractivity contribution >= 4 is 5.78 Å². The molecule has 0 amide bonds. The average molecular weight is 147 g/mol. The normalized spacial score (nSPS) is 21.9. The fraction of sp³-hybridized carbons (Fsp3) is 0.333. The molecule has 1 aliphatic carbocycles. The van der Waals surface area contributed by atoms with Crippen molar-refractivity contribution in [3.63, 3.8) is 0 Å². The summed E-state index contributed by atoms with van der Waals surface area (Å²) in [6.45, 7) is 1.95. The first-order valence-corrected chi connectivity index (χ1v) is 3.77. The van der Waals surface area contributed by atoms with E-state index in [1.807, 2.05) is 19.1 Å². The van der Waals surface area contributed by atoms with Gasteiger partial charge in [-0.15, -0.1) is 0 Å². The molecule has 1 aliphatic rings. The molecule has 0 N–H and O–H groups in total. The lowest BCUT2D eigenvalue weighted by molar-refractivity contribution is 0.0942. The molecule has 0 saturated carbocycles. The number of fused-ring (bicyclic) bond motifs is 1. The molecular weight excluding hydrogens is 138 g/mol. The van der Waals surface area contributed by atoms with E-state index in [0.717, 1.165) is 12.0 Å². The minimum Gasteiger partial charge on any atom is -0.292 e. The molecule has 0 fully saturated rings. The third kappa shape index (κ3) is 0.862. The van der Waals surface area contributed by atoms with Crippen molar-refractivity contribution < 1.29 is 4.79 Å².